The molecule has 32 heavy (non-hydrogen) atoms. The molecule has 2 aromatic rings. The number of hydrogen-bond acceptors (Lipinski definition) is 5. The van der Waals surface area contributed by atoms with Crippen molar-refractivity contribution in [2.24, 2.45) is 4.99 Å². The van der Waals surface area contributed by atoms with Crippen LogP contribution in [0.1, 0.15) is 12.5 Å². The standard InChI is InChI=1S/C21H20F4N2O4S/c1-13(22)5-8-20(26-2)27(12-14-6-7-16(30-3)11-19(14)31-4)32(28,29)21-17(24)9-15(23)10-18(21)25/h5-11H,2,12H2,1,3-4H3/b13-5+,20-8+. The quantitative estimate of drug-likeness (QED) is 0.301. The van der Waals surface area contributed by atoms with E-state index in [-0.39, 0.29) is 23.4 Å². The van der Waals surface area contributed by atoms with E-state index in [0.717, 1.165) is 19.1 Å². The highest BCUT2D eigenvalue weighted by Gasteiger charge is 2.33. The van der Waals surface area contributed by atoms with Gasteiger partial charge in [-0.05, 0) is 37.9 Å². The third-order valence-corrected chi connectivity index (χ3v) is 6.00. The number of halogens is 4. The van der Waals surface area contributed by atoms with E-state index in [4.69, 9.17) is 9.47 Å². The molecule has 0 aliphatic heterocycles. The maximum atomic E-state index is 14.4. The summed E-state index contributed by atoms with van der Waals surface area (Å²) in [6.45, 7) is 3.83. The molecular weight excluding hydrogens is 452 g/mol. The molecule has 0 radical (unpaired) electrons. The fourth-order valence-corrected chi connectivity index (χ4v) is 4.22. The minimum absolute atomic E-state index is 0.199. The number of sulfonamides is 1. The molecule has 2 rings (SSSR count). The van der Waals surface area contributed by atoms with Gasteiger partial charge < -0.3 is 9.47 Å². The summed E-state index contributed by atoms with van der Waals surface area (Å²) in [7, 11) is -2.26. The van der Waals surface area contributed by atoms with Crippen LogP contribution in [0, 0.1) is 17.5 Å². The van der Waals surface area contributed by atoms with Gasteiger partial charge in [0.1, 0.15) is 34.8 Å². The zero-order chi connectivity index (χ0) is 24.1. The molecule has 0 atom stereocenters. The predicted molar refractivity (Wildman–Crippen MR) is 111 cm³/mol. The Bertz CT molecular complexity index is 1150. The number of hydrogen-bond donors (Lipinski definition) is 0. The van der Waals surface area contributed by atoms with Crippen molar-refractivity contribution in [2.45, 2.75) is 18.4 Å². The Balaban J connectivity index is 2.74. The summed E-state index contributed by atoms with van der Waals surface area (Å²) < 4.78 is 92.7. The molecule has 0 bridgehead atoms. The molecule has 11 heteroatoms. The summed E-state index contributed by atoms with van der Waals surface area (Å²) in [5, 5.41) is 0. The molecule has 0 fully saturated rings. The molecule has 172 valence electrons. The lowest BCUT2D eigenvalue weighted by atomic mass is 10.2. The zero-order valence-corrected chi connectivity index (χ0v) is 18.2. The summed E-state index contributed by atoms with van der Waals surface area (Å²) in [5.74, 6) is -5.11. The highest BCUT2D eigenvalue weighted by Crippen LogP contribution is 2.32. The van der Waals surface area contributed by atoms with Crippen molar-refractivity contribution in [3.8, 4) is 11.5 Å². The molecule has 0 aliphatic carbocycles. The fraction of sp³-hybridized carbons (Fsp3) is 0.190. The van der Waals surface area contributed by atoms with Gasteiger partial charge in [-0.15, -0.1) is 0 Å². The molecule has 0 unspecified atom stereocenters. The van der Waals surface area contributed by atoms with E-state index in [1.54, 1.807) is 0 Å². The first-order chi connectivity index (χ1) is 15.0. The number of methoxy groups -OCH3 is 2. The Kier molecular flexibility index (Phi) is 8.03. The van der Waals surface area contributed by atoms with Crippen molar-refractivity contribution in [2.75, 3.05) is 14.2 Å². The third kappa shape index (κ3) is 5.47. The first-order valence-electron chi connectivity index (χ1n) is 8.94. The highest BCUT2D eigenvalue weighted by atomic mass is 32.2. The van der Waals surface area contributed by atoms with Crippen molar-refractivity contribution in [3.05, 3.63) is 77.1 Å². The number of aliphatic imine (C=N–C) groups is 1. The smallest absolute Gasteiger partial charge is 0.271 e. The molecule has 0 amide bonds. The molecule has 0 N–H and O–H groups in total. The topological polar surface area (TPSA) is 68.2 Å². The Morgan fingerprint density at radius 3 is 2.22 bits per heavy atom. The Hall–Kier alpha value is -3.34. The summed E-state index contributed by atoms with van der Waals surface area (Å²) in [4.78, 5) is 2.18. The van der Waals surface area contributed by atoms with Crippen LogP contribution in [0.3, 0.4) is 0 Å². The second kappa shape index (κ2) is 10.3. The number of rotatable bonds is 9. The maximum absolute atomic E-state index is 14.4. The largest absolute Gasteiger partial charge is 0.497 e. The number of ether oxygens (including phenoxy) is 2. The normalized spacial score (nSPS) is 12.5. The van der Waals surface area contributed by atoms with E-state index in [1.807, 2.05) is 0 Å². The molecule has 0 saturated carbocycles. The summed E-state index contributed by atoms with van der Waals surface area (Å²) in [6, 6.07) is 4.92. The maximum Gasteiger partial charge on any atom is 0.271 e. The second-order valence-corrected chi connectivity index (χ2v) is 8.12. The summed E-state index contributed by atoms with van der Waals surface area (Å²) in [6.07, 6.45) is 1.87. The van der Waals surface area contributed by atoms with E-state index in [0.29, 0.717) is 10.1 Å². The lowest BCUT2D eigenvalue weighted by molar-refractivity contribution is 0.384. The van der Waals surface area contributed by atoms with E-state index < -0.39 is 50.6 Å². The van der Waals surface area contributed by atoms with Crippen LogP contribution in [-0.4, -0.2) is 33.7 Å². The van der Waals surface area contributed by atoms with Crippen LogP contribution in [-0.2, 0) is 16.6 Å². The SMILES string of the molecule is C=N/C(=C\C=C(/C)F)N(Cc1ccc(OC)cc1OC)S(=O)(=O)c1c(F)cc(F)cc1F. The van der Waals surface area contributed by atoms with Crippen molar-refractivity contribution in [1.29, 1.82) is 0 Å². The van der Waals surface area contributed by atoms with Gasteiger partial charge in [0.2, 0.25) is 0 Å². The van der Waals surface area contributed by atoms with Gasteiger partial charge in [0.15, 0.2) is 4.90 Å². The average Bonchev–Trinajstić information content (AvgIpc) is 2.72. The van der Waals surface area contributed by atoms with Crippen LogP contribution in [0.25, 0.3) is 0 Å². The Labute approximate surface area is 183 Å². The van der Waals surface area contributed by atoms with Crippen molar-refractivity contribution in [3.63, 3.8) is 0 Å². The minimum Gasteiger partial charge on any atom is -0.497 e. The van der Waals surface area contributed by atoms with Gasteiger partial charge in [-0.3, -0.25) is 0 Å². The van der Waals surface area contributed by atoms with Crippen LogP contribution in [0.2, 0.25) is 0 Å². The van der Waals surface area contributed by atoms with Crippen molar-refractivity contribution >= 4 is 16.7 Å². The molecule has 0 spiro atoms. The van der Waals surface area contributed by atoms with Crippen LogP contribution in [0.4, 0.5) is 17.6 Å². The van der Waals surface area contributed by atoms with Gasteiger partial charge in [0.25, 0.3) is 10.0 Å². The van der Waals surface area contributed by atoms with Gasteiger partial charge in [-0.25, -0.2) is 35.3 Å². The predicted octanol–water partition coefficient (Wildman–Crippen LogP) is 4.73. The van der Waals surface area contributed by atoms with Gasteiger partial charge in [-0.1, -0.05) is 0 Å². The Morgan fingerprint density at radius 2 is 1.72 bits per heavy atom. The molecule has 0 aliphatic rings. The fourth-order valence-electron chi connectivity index (χ4n) is 2.72. The van der Waals surface area contributed by atoms with Crippen LogP contribution >= 0.6 is 0 Å². The second-order valence-electron chi connectivity index (χ2n) is 6.32. The van der Waals surface area contributed by atoms with E-state index in [1.165, 1.54) is 32.4 Å². The summed E-state index contributed by atoms with van der Waals surface area (Å²) in [5.41, 5.74) is 0.260. The highest BCUT2D eigenvalue weighted by molar-refractivity contribution is 7.89. The molecule has 6 nitrogen and oxygen atoms in total. The molecular formula is C21H20F4N2O4S. The van der Waals surface area contributed by atoms with Crippen LogP contribution in [0.15, 0.2) is 64.0 Å². The third-order valence-electron chi connectivity index (χ3n) is 4.20. The van der Waals surface area contributed by atoms with E-state index in [9.17, 15) is 26.0 Å². The first-order valence-corrected chi connectivity index (χ1v) is 10.4. The van der Waals surface area contributed by atoms with Crippen molar-refractivity contribution in [1.82, 2.24) is 4.31 Å². The van der Waals surface area contributed by atoms with E-state index >= 15 is 0 Å². The monoisotopic (exact) mass is 472 g/mol. The number of nitrogens with zero attached hydrogens (tertiary/aromatic N) is 2. The average molecular weight is 472 g/mol. The van der Waals surface area contributed by atoms with Crippen molar-refractivity contribution < 1.29 is 35.5 Å². The zero-order valence-electron chi connectivity index (χ0n) is 17.4. The lowest BCUT2D eigenvalue weighted by Crippen LogP contribution is -2.31. The molecule has 0 saturated heterocycles. The number of benzene rings is 2. The van der Waals surface area contributed by atoms with Gasteiger partial charge >= 0.3 is 0 Å². The Morgan fingerprint density at radius 1 is 1.09 bits per heavy atom. The minimum atomic E-state index is -5.00. The lowest BCUT2D eigenvalue weighted by Gasteiger charge is -2.25. The van der Waals surface area contributed by atoms with Gasteiger partial charge in [0, 0.05) is 23.8 Å². The first kappa shape index (κ1) is 24.9. The van der Waals surface area contributed by atoms with Gasteiger partial charge in [-0.2, -0.15) is 0 Å². The summed E-state index contributed by atoms with van der Waals surface area (Å²) >= 11 is 0. The van der Waals surface area contributed by atoms with Crippen LogP contribution in [0.5, 0.6) is 11.5 Å². The molecule has 2 aromatic carbocycles. The van der Waals surface area contributed by atoms with Gasteiger partial charge in [0.05, 0.1) is 26.6 Å². The van der Waals surface area contributed by atoms with Crippen LogP contribution < -0.4 is 9.47 Å². The molecule has 0 aromatic heterocycles. The molecule has 0 heterocycles. The van der Waals surface area contributed by atoms with E-state index in [2.05, 4.69) is 11.7 Å². The number of allylic oxidation sites excluding steroid dienone is 3.